The molecule has 0 bridgehead atoms. The maximum absolute atomic E-state index is 13.1. The monoisotopic (exact) mass is 697 g/mol. The third kappa shape index (κ3) is 9.66. The number of rotatable bonds is 14. The highest BCUT2D eigenvalue weighted by atomic mass is 16.7. The van der Waals surface area contributed by atoms with Crippen molar-refractivity contribution in [2.75, 3.05) is 26.4 Å². The number of benzene rings is 2. The average Bonchev–Trinajstić information content (AvgIpc) is 3.38. The molecule has 1 heterocycles. The van der Waals surface area contributed by atoms with Crippen molar-refractivity contribution in [1.29, 1.82) is 0 Å². The second-order valence-electron chi connectivity index (χ2n) is 11.3. The van der Waals surface area contributed by atoms with Gasteiger partial charge >= 0.3 is 35.9 Å². The van der Waals surface area contributed by atoms with Gasteiger partial charge in [-0.05, 0) is 22.3 Å². The van der Waals surface area contributed by atoms with Gasteiger partial charge in [-0.2, -0.15) is 0 Å². The Morgan fingerprint density at radius 3 is 1.86 bits per heavy atom. The fourth-order valence-corrected chi connectivity index (χ4v) is 5.71. The molecule has 268 valence electrons. The molecule has 1 N–H and O–H groups in total. The smallest absolute Gasteiger partial charge is 0.407 e. The number of hydrogen-bond acceptors (Lipinski definition) is 14. The molecule has 6 atom stereocenters. The van der Waals surface area contributed by atoms with Gasteiger partial charge in [0.2, 0.25) is 0 Å². The second-order valence-corrected chi connectivity index (χ2v) is 11.3. The molecule has 50 heavy (non-hydrogen) atoms. The summed E-state index contributed by atoms with van der Waals surface area (Å²) in [6.07, 6.45) is -6.98. The molecular formula is C35H39NO14. The lowest BCUT2D eigenvalue weighted by molar-refractivity contribution is -0.308. The van der Waals surface area contributed by atoms with Crippen LogP contribution in [0.4, 0.5) is 4.79 Å². The van der Waals surface area contributed by atoms with Crippen molar-refractivity contribution < 1.29 is 66.7 Å². The van der Waals surface area contributed by atoms with Crippen molar-refractivity contribution in [3.63, 3.8) is 0 Å². The summed E-state index contributed by atoms with van der Waals surface area (Å²) in [5, 5.41) is 2.44. The summed E-state index contributed by atoms with van der Waals surface area (Å²) in [6.45, 7) is 6.53. The van der Waals surface area contributed by atoms with Gasteiger partial charge in [-0.15, -0.1) is 0 Å². The van der Waals surface area contributed by atoms with Crippen LogP contribution in [0.15, 0.2) is 61.2 Å². The highest BCUT2D eigenvalue weighted by Gasteiger charge is 2.53. The molecule has 0 aromatic heterocycles. The van der Waals surface area contributed by atoms with E-state index in [1.165, 1.54) is 6.08 Å². The van der Waals surface area contributed by atoms with Crippen molar-refractivity contribution in [2.24, 2.45) is 0 Å². The van der Waals surface area contributed by atoms with E-state index >= 15 is 0 Å². The third-order valence-electron chi connectivity index (χ3n) is 7.64. The van der Waals surface area contributed by atoms with Crippen LogP contribution in [0.5, 0.6) is 0 Å². The van der Waals surface area contributed by atoms with Crippen molar-refractivity contribution >= 4 is 35.9 Å². The van der Waals surface area contributed by atoms with Crippen molar-refractivity contribution in [1.82, 2.24) is 5.32 Å². The number of nitrogens with one attached hydrogen (secondary N) is 1. The first-order chi connectivity index (χ1) is 23.9. The Bertz CT molecular complexity index is 1540. The van der Waals surface area contributed by atoms with E-state index in [9.17, 15) is 28.8 Å². The van der Waals surface area contributed by atoms with Crippen molar-refractivity contribution in [2.45, 2.75) is 70.4 Å². The zero-order valence-corrected chi connectivity index (χ0v) is 28.0. The molecule has 0 saturated carbocycles. The standard InChI is InChI=1S/C35H39NO14/c1-6-15-43-33(41)28(36-35(42)46-16-27-25-13-9-7-11-23(25)24-12-8-10-14-26(24)27)17-45-34-32(49-22(5)40)31(48-21(4)39)30(47-20(3)38)29(50-34)18-44-19(2)37/h6-14,27-32,34H,1,15-18H2,2-5H3,(H,36,42)/t28-,29+,30+,31-,32+,34+/m0/s1. The maximum Gasteiger partial charge on any atom is 0.407 e. The summed E-state index contributed by atoms with van der Waals surface area (Å²) in [4.78, 5) is 74.1. The summed E-state index contributed by atoms with van der Waals surface area (Å²) >= 11 is 0. The van der Waals surface area contributed by atoms with Crippen LogP contribution >= 0.6 is 0 Å². The van der Waals surface area contributed by atoms with Crippen LogP contribution < -0.4 is 5.32 Å². The molecule has 1 fully saturated rings. The number of amides is 1. The van der Waals surface area contributed by atoms with Gasteiger partial charge < -0.3 is 43.2 Å². The molecule has 15 heteroatoms. The minimum absolute atomic E-state index is 0.0468. The third-order valence-corrected chi connectivity index (χ3v) is 7.64. The van der Waals surface area contributed by atoms with E-state index < -0.39 is 85.9 Å². The average molecular weight is 698 g/mol. The molecule has 15 nitrogen and oxygen atoms in total. The molecule has 2 aliphatic rings. The van der Waals surface area contributed by atoms with Crippen LogP contribution in [-0.2, 0) is 61.9 Å². The van der Waals surface area contributed by atoms with Crippen molar-refractivity contribution in [3.05, 3.63) is 72.3 Å². The first-order valence-corrected chi connectivity index (χ1v) is 15.7. The Morgan fingerprint density at radius 2 is 1.30 bits per heavy atom. The Morgan fingerprint density at radius 1 is 0.740 bits per heavy atom. The van der Waals surface area contributed by atoms with Crippen molar-refractivity contribution in [3.8, 4) is 11.1 Å². The summed E-state index contributed by atoms with van der Waals surface area (Å²) in [5.74, 6) is -4.36. The van der Waals surface area contributed by atoms with Gasteiger partial charge in [-0.25, -0.2) is 9.59 Å². The molecule has 4 rings (SSSR count). The highest BCUT2D eigenvalue weighted by molar-refractivity contribution is 5.82. The van der Waals surface area contributed by atoms with Gasteiger partial charge in [0.1, 0.15) is 25.9 Å². The maximum atomic E-state index is 13.1. The molecule has 1 amide bonds. The second kappa shape index (κ2) is 17.4. The van der Waals surface area contributed by atoms with E-state index in [4.69, 9.17) is 37.9 Å². The largest absolute Gasteiger partial charge is 0.463 e. The molecule has 2 aromatic carbocycles. The predicted molar refractivity (Wildman–Crippen MR) is 171 cm³/mol. The normalized spacial score (nSPS) is 21.3. The number of hydrogen-bond donors (Lipinski definition) is 1. The quantitative estimate of drug-likeness (QED) is 0.172. The van der Waals surface area contributed by atoms with Crippen LogP contribution in [0.1, 0.15) is 44.7 Å². The summed E-state index contributed by atoms with van der Waals surface area (Å²) < 4.78 is 43.7. The molecular weight excluding hydrogens is 658 g/mol. The summed E-state index contributed by atoms with van der Waals surface area (Å²) in [5.41, 5.74) is 4.02. The number of esters is 5. The summed E-state index contributed by atoms with van der Waals surface area (Å²) in [6, 6.07) is 14.1. The lowest BCUT2D eigenvalue weighted by atomic mass is 9.98. The molecule has 0 radical (unpaired) electrons. The predicted octanol–water partition coefficient (Wildman–Crippen LogP) is 2.72. The first-order valence-electron chi connectivity index (χ1n) is 15.7. The number of fused-ring (bicyclic) bond motifs is 3. The molecule has 2 aromatic rings. The van der Waals surface area contributed by atoms with Crippen LogP contribution in [0.2, 0.25) is 0 Å². The zero-order chi connectivity index (χ0) is 36.4. The minimum atomic E-state index is -1.60. The minimum Gasteiger partial charge on any atom is -0.463 e. The van der Waals surface area contributed by atoms with Gasteiger partial charge in [0, 0.05) is 33.6 Å². The Kier molecular flexibility index (Phi) is 13.1. The molecule has 1 saturated heterocycles. The SMILES string of the molecule is C=CCOC(=O)[C@H](CO[C@@H]1O[C@H](COC(C)=O)[C@@H](OC(C)=O)[C@H](OC(C)=O)[C@H]1OC(C)=O)NC(=O)OCC1c2ccccc2-c2ccccc21. The van der Waals surface area contributed by atoms with Crippen LogP contribution in [0, 0.1) is 0 Å². The number of carbonyl (C=O) groups is 6. The molecule has 0 unspecified atom stereocenters. The van der Waals surface area contributed by atoms with Crippen LogP contribution in [-0.4, -0.2) is 99.1 Å². The van der Waals surface area contributed by atoms with Gasteiger partial charge in [0.25, 0.3) is 0 Å². The first kappa shape index (κ1) is 37.5. The van der Waals surface area contributed by atoms with Gasteiger partial charge in [0.05, 0.1) is 6.61 Å². The lowest BCUT2D eigenvalue weighted by Crippen LogP contribution is -2.63. The van der Waals surface area contributed by atoms with E-state index in [-0.39, 0.29) is 19.1 Å². The lowest BCUT2D eigenvalue weighted by Gasteiger charge is -2.44. The van der Waals surface area contributed by atoms with Crippen LogP contribution in [0.25, 0.3) is 11.1 Å². The van der Waals surface area contributed by atoms with Crippen LogP contribution in [0.3, 0.4) is 0 Å². The van der Waals surface area contributed by atoms with E-state index in [1.807, 2.05) is 48.5 Å². The Labute approximate surface area is 288 Å². The fourth-order valence-electron chi connectivity index (χ4n) is 5.71. The molecule has 1 aliphatic carbocycles. The van der Waals surface area contributed by atoms with E-state index in [0.717, 1.165) is 49.9 Å². The number of ether oxygens (including phenoxy) is 8. The zero-order valence-electron chi connectivity index (χ0n) is 28.0. The number of alkyl carbamates (subject to hydrolysis) is 1. The van der Waals surface area contributed by atoms with E-state index in [0.29, 0.717) is 0 Å². The fraction of sp³-hybridized carbons (Fsp3) is 0.429. The number of carbonyl (C=O) groups excluding carboxylic acids is 6. The van der Waals surface area contributed by atoms with E-state index in [1.54, 1.807) is 0 Å². The molecule has 0 spiro atoms. The van der Waals surface area contributed by atoms with Gasteiger partial charge in [-0.3, -0.25) is 19.2 Å². The molecule has 1 aliphatic heterocycles. The Hall–Kier alpha value is -5.28. The topological polar surface area (TPSA) is 188 Å². The highest BCUT2D eigenvalue weighted by Crippen LogP contribution is 2.44. The van der Waals surface area contributed by atoms with Gasteiger partial charge in [-0.1, -0.05) is 61.2 Å². The van der Waals surface area contributed by atoms with Gasteiger partial charge in [0.15, 0.2) is 30.6 Å². The Balaban J connectivity index is 1.53. The van der Waals surface area contributed by atoms with E-state index in [2.05, 4.69) is 11.9 Å². The summed E-state index contributed by atoms with van der Waals surface area (Å²) in [7, 11) is 0.